The third kappa shape index (κ3) is 3.70. The summed E-state index contributed by atoms with van der Waals surface area (Å²) in [5.74, 6) is 1.57. The molecule has 1 aliphatic heterocycles. The van der Waals surface area contributed by atoms with E-state index in [1.807, 2.05) is 31.8 Å². The molecule has 0 fully saturated rings. The quantitative estimate of drug-likeness (QED) is 0.755. The molecular weight excluding hydrogens is 385 g/mol. The average Bonchev–Trinajstić information content (AvgIpc) is 2.95. The third-order valence-electron chi connectivity index (χ3n) is 4.71. The van der Waals surface area contributed by atoms with Crippen LogP contribution in [-0.4, -0.2) is 53.1 Å². The van der Waals surface area contributed by atoms with E-state index in [-0.39, 0.29) is 6.03 Å². The van der Waals surface area contributed by atoms with Crippen molar-refractivity contribution in [2.24, 2.45) is 7.05 Å². The lowest BCUT2D eigenvalue weighted by atomic mass is 10.1. The number of benzene rings is 1. The van der Waals surface area contributed by atoms with Crippen LogP contribution in [0.3, 0.4) is 0 Å². The number of urea groups is 1. The number of anilines is 1. The van der Waals surface area contributed by atoms with Crippen LogP contribution in [0.15, 0.2) is 24.8 Å². The first-order valence-electron chi connectivity index (χ1n) is 8.59. The summed E-state index contributed by atoms with van der Waals surface area (Å²) in [5, 5.41) is 0.950. The number of carbonyl (C=O) groups is 1. The minimum Gasteiger partial charge on any atom is -0.328 e. The fourth-order valence-corrected chi connectivity index (χ4v) is 3.45. The molecule has 0 saturated heterocycles. The Kier molecular flexibility index (Phi) is 5.51. The highest BCUT2D eigenvalue weighted by molar-refractivity contribution is 6.42. The molecule has 0 aliphatic carbocycles. The number of amides is 2. The van der Waals surface area contributed by atoms with Crippen LogP contribution < -0.4 is 4.90 Å². The van der Waals surface area contributed by atoms with Gasteiger partial charge < -0.3 is 9.47 Å². The van der Waals surface area contributed by atoms with Gasteiger partial charge in [-0.1, -0.05) is 35.8 Å². The summed E-state index contributed by atoms with van der Waals surface area (Å²) >= 11 is 12.1. The smallest absolute Gasteiger partial charge is 0.328 e. The predicted octanol–water partition coefficient (Wildman–Crippen LogP) is 3.87. The van der Waals surface area contributed by atoms with E-state index in [1.165, 1.54) is 0 Å². The van der Waals surface area contributed by atoms with Crippen molar-refractivity contribution >= 4 is 40.7 Å². The maximum Gasteiger partial charge on any atom is 0.330 e. The number of rotatable bonds is 5. The maximum atomic E-state index is 12.9. The van der Waals surface area contributed by atoms with E-state index in [1.54, 1.807) is 29.0 Å². The zero-order valence-corrected chi connectivity index (χ0v) is 17.5. The van der Waals surface area contributed by atoms with E-state index in [4.69, 9.17) is 23.2 Å². The van der Waals surface area contributed by atoms with Crippen LogP contribution in [-0.2, 0) is 20.0 Å². The fraction of sp³-hybridized carbons (Fsp3) is 0.368. The van der Waals surface area contributed by atoms with Crippen molar-refractivity contribution in [3.63, 3.8) is 0 Å². The van der Waals surface area contributed by atoms with Crippen LogP contribution in [0, 0.1) is 0 Å². The lowest BCUT2D eigenvalue weighted by Crippen LogP contribution is -2.44. The zero-order chi connectivity index (χ0) is 19.9. The first-order valence-corrected chi connectivity index (χ1v) is 9.35. The fourth-order valence-electron chi connectivity index (χ4n) is 3.13. The molecule has 8 heteroatoms. The van der Waals surface area contributed by atoms with Gasteiger partial charge in [0.15, 0.2) is 5.82 Å². The second kappa shape index (κ2) is 7.54. The molecule has 1 aromatic heterocycles. The highest BCUT2D eigenvalue weighted by Crippen LogP contribution is 2.35. The minimum atomic E-state index is -0.171. The van der Waals surface area contributed by atoms with Crippen LogP contribution in [0.1, 0.15) is 17.1 Å². The molecule has 0 bridgehead atoms. The molecule has 0 radical (unpaired) electrons. The Morgan fingerprint density at radius 3 is 2.52 bits per heavy atom. The number of halogens is 2. The van der Waals surface area contributed by atoms with E-state index < -0.39 is 0 Å². The van der Waals surface area contributed by atoms with Gasteiger partial charge >= 0.3 is 6.03 Å². The van der Waals surface area contributed by atoms with Gasteiger partial charge in [-0.15, -0.1) is 0 Å². The largest absolute Gasteiger partial charge is 0.330 e. The van der Waals surface area contributed by atoms with Gasteiger partial charge in [0.2, 0.25) is 0 Å². The molecule has 2 amide bonds. The summed E-state index contributed by atoms with van der Waals surface area (Å²) in [6.45, 7) is 5.41. The van der Waals surface area contributed by atoms with Gasteiger partial charge in [0.25, 0.3) is 0 Å². The number of hydrogen-bond acceptors (Lipinski definition) is 3. The second-order valence-electron chi connectivity index (χ2n) is 6.94. The van der Waals surface area contributed by atoms with Gasteiger partial charge in [0.1, 0.15) is 11.5 Å². The van der Waals surface area contributed by atoms with Gasteiger partial charge in [-0.3, -0.25) is 9.80 Å². The Labute approximate surface area is 169 Å². The molecule has 0 N–H and O–H groups in total. The Hall–Kier alpha value is -2.02. The van der Waals surface area contributed by atoms with E-state index in [2.05, 4.69) is 16.5 Å². The molecule has 144 valence electrons. The standard InChI is InChI=1S/C19H23Cl2N5O/c1-12-17-18(22-16(24(17)4)8-9-23(2)3)25(5)19(27)26(12)11-13-6-7-14(20)15(21)10-13/h6-7,10H,1,8-9,11H2,2-5H3. The van der Waals surface area contributed by atoms with Crippen molar-refractivity contribution in [1.29, 1.82) is 0 Å². The molecule has 6 nitrogen and oxygen atoms in total. The van der Waals surface area contributed by atoms with Crippen molar-refractivity contribution in [2.75, 3.05) is 32.6 Å². The van der Waals surface area contributed by atoms with Crippen LogP contribution in [0.25, 0.3) is 5.70 Å². The van der Waals surface area contributed by atoms with Crippen LogP contribution >= 0.6 is 23.2 Å². The number of imidazole rings is 1. The summed E-state index contributed by atoms with van der Waals surface area (Å²) in [7, 11) is 7.74. The van der Waals surface area contributed by atoms with E-state index >= 15 is 0 Å². The number of hydrogen-bond donors (Lipinski definition) is 0. The Morgan fingerprint density at radius 2 is 1.89 bits per heavy atom. The molecule has 1 aliphatic rings. The van der Waals surface area contributed by atoms with Crippen LogP contribution in [0.2, 0.25) is 10.0 Å². The molecule has 0 saturated carbocycles. The van der Waals surface area contributed by atoms with E-state index in [9.17, 15) is 4.79 Å². The van der Waals surface area contributed by atoms with E-state index in [0.29, 0.717) is 28.1 Å². The van der Waals surface area contributed by atoms with Crippen molar-refractivity contribution in [3.05, 3.63) is 51.9 Å². The minimum absolute atomic E-state index is 0.171. The normalized spacial score (nSPS) is 14.3. The van der Waals surface area contributed by atoms with Crippen molar-refractivity contribution in [2.45, 2.75) is 13.0 Å². The second-order valence-corrected chi connectivity index (χ2v) is 7.75. The highest BCUT2D eigenvalue weighted by Gasteiger charge is 2.35. The molecular formula is C19H23Cl2N5O. The number of carbonyl (C=O) groups excluding carboxylic acids is 1. The molecule has 2 aromatic rings. The Bertz CT molecular complexity index is 906. The lowest BCUT2D eigenvalue weighted by molar-refractivity contribution is 0.222. The topological polar surface area (TPSA) is 44.6 Å². The van der Waals surface area contributed by atoms with Gasteiger partial charge in [-0.2, -0.15) is 0 Å². The molecule has 0 spiro atoms. The maximum absolute atomic E-state index is 12.9. The van der Waals surface area contributed by atoms with Crippen LogP contribution in [0.5, 0.6) is 0 Å². The van der Waals surface area contributed by atoms with Gasteiger partial charge in [0.05, 0.1) is 22.3 Å². The summed E-state index contributed by atoms with van der Waals surface area (Å²) < 4.78 is 2.02. The summed E-state index contributed by atoms with van der Waals surface area (Å²) in [6, 6.07) is 5.19. The highest BCUT2D eigenvalue weighted by atomic mass is 35.5. The van der Waals surface area contributed by atoms with Crippen molar-refractivity contribution in [3.8, 4) is 0 Å². The number of nitrogens with zero attached hydrogens (tertiary/aromatic N) is 5. The monoisotopic (exact) mass is 407 g/mol. The Balaban J connectivity index is 1.93. The molecule has 1 aromatic carbocycles. The van der Waals surface area contributed by atoms with Crippen molar-refractivity contribution < 1.29 is 4.79 Å². The van der Waals surface area contributed by atoms with Gasteiger partial charge in [0, 0.05) is 27.1 Å². The number of likely N-dealkylation sites (N-methyl/N-ethyl adjacent to an activating group) is 1. The molecule has 27 heavy (non-hydrogen) atoms. The van der Waals surface area contributed by atoms with Crippen LogP contribution in [0.4, 0.5) is 10.6 Å². The molecule has 0 unspecified atom stereocenters. The van der Waals surface area contributed by atoms with E-state index in [0.717, 1.165) is 30.0 Å². The van der Waals surface area contributed by atoms with Gasteiger partial charge in [-0.25, -0.2) is 9.78 Å². The summed E-state index contributed by atoms with van der Waals surface area (Å²) in [4.78, 5) is 22.9. The average molecular weight is 408 g/mol. The first-order chi connectivity index (χ1) is 12.7. The number of aromatic nitrogens is 2. The predicted molar refractivity (Wildman–Crippen MR) is 110 cm³/mol. The first kappa shape index (κ1) is 19.7. The third-order valence-corrected chi connectivity index (χ3v) is 5.45. The molecule has 3 rings (SSSR count). The SMILES string of the molecule is C=C1c2c(nc(CCN(C)C)n2C)N(C)C(=O)N1Cc1ccc(Cl)c(Cl)c1. The lowest BCUT2D eigenvalue weighted by Gasteiger charge is -2.34. The van der Waals surface area contributed by atoms with Gasteiger partial charge in [-0.05, 0) is 31.8 Å². The summed E-state index contributed by atoms with van der Waals surface area (Å²) in [5.41, 5.74) is 2.36. The zero-order valence-electron chi connectivity index (χ0n) is 16.0. The summed E-state index contributed by atoms with van der Waals surface area (Å²) in [6.07, 6.45) is 0.790. The molecule has 2 heterocycles. The number of fused-ring (bicyclic) bond motifs is 1. The van der Waals surface area contributed by atoms with Crippen molar-refractivity contribution in [1.82, 2.24) is 19.4 Å². The molecule has 0 atom stereocenters. The Morgan fingerprint density at radius 1 is 1.19 bits per heavy atom.